The average molecular weight is 334 g/mol. The molecule has 0 amide bonds. The quantitative estimate of drug-likeness (QED) is 0.413. The van der Waals surface area contributed by atoms with Gasteiger partial charge in [-0.2, -0.15) is 0 Å². The minimum Gasteiger partial charge on any atom is -0.497 e. The van der Waals surface area contributed by atoms with E-state index < -0.39 is 11.8 Å². The molecule has 0 atom stereocenters. The van der Waals surface area contributed by atoms with E-state index in [4.69, 9.17) is 14.2 Å². The fourth-order valence-corrected chi connectivity index (χ4v) is 2.63. The van der Waals surface area contributed by atoms with E-state index in [1.165, 1.54) is 7.11 Å². The van der Waals surface area contributed by atoms with Crippen LogP contribution in [0.4, 0.5) is 0 Å². The highest BCUT2D eigenvalue weighted by Gasteiger charge is 2.36. The molecule has 2 rings (SSSR count). The number of carbonyl (C=O) groups excluding carboxylic acids is 3. The Labute approximate surface area is 141 Å². The monoisotopic (exact) mass is 334 g/mol. The molecular weight excluding hydrogens is 312 g/mol. The molecule has 0 saturated carbocycles. The molecule has 0 fully saturated rings. The SMILES string of the molecule is COc1cc(CC(=O)CCCCC=O)c2c(c1)OC(C)(C)OC2=O. The van der Waals surface area contributed by atoms with Crippen molar-refractivity contribution < 1.29 is 28.6 Å². The number of ketones is 1. The standard InChI is InChI=1S/C18H22O6/c1-18(2)23-15-11-14(22-3)10-12(16(15)17(21)24-18)9-13(20)7-5-4-6-8-19/h8,10-11H,4-7,9H2,1-3H3. The first-order valence-corrected chi connectivity index (χ1v) is 7.95. The Morgan fingerprint density at radius 1 is 1.25 bits per heavy atom. The predicted molar refractivity (Wildman–Crippen MR) is 86.4 cm³/mol. The van der Waals surface area contributed by atoms with Crippen LogP contribution in [-0.4, -0.2) is 30.9 Å². The van der Waals surface area contributed by atoms with Crippen LogP contribution in [0.15, 0.2) is 12.1 Å². The summed E-state index contributed by atoms with van der Waals surface area (Å²) in [6.07, 6.45) is 3.10. The number of ether oxygens (including phenoxy) is 3. The van der Waals surface area contributed by atoms with E-state index in [1.54, 1.807) is 26.0 Å². The first-order valence-electron chi connectivity index (χ1n) is 7.95. The highest BCUT2D eigenvalue weighted by Crippen LogP contribution is 2.37. The molecule has 0 spiro atoms. The second-order valence-corrected chi connectivity index (χ2v) is 6.18. The summed E-state index contributed by atoms with van der Waals surface area (Å²) >= 11 is 0. The molecule has 0 aliphatic carbocycles. The maximum atomic E-state index is 12.3. The molecule has 1 aromatic rings. The van der Waals surface area contributed by atoms with Crippen LogP contribution in [0.5, 0.6) is 11.5 Å². The van der Waals surface area contributed by atoms with Crippen LogP contribution in [0.1, 0.15) is 55.5 Å². The van der Waals surface area contributed by atoms with Crippen molar-refractivity contribution in [1.82, 2.24) is 0 Å². The van der Waals surface area contributed by atoms with E-state index in [-0.39, 0.29) is 17.8 Å². The van der Waals surface area contributed by atoms with Crippen LogP contribution in [-0.2, 0) is 20.7 Å². The van der Waals surface area contributed by atoms with E-state index >= 15 is 0 Å². The Kier molecular flexibility index (Phi) is 5.59. The number of carbonyl (C=O) groups is 3. The third kappa shape index (κ3) is 4.34. The van der Waals surface area contributed by atoms with Gasteiger partial charge in [0.1, 0.15) is 29.1 Å². The summed E-state index contributed by atoms with van der Waals surface area (Å²) in [5, 5.41) is 0. The summed E-state index contributed by atoms with van der Waals surface area (Å²) in [5.41, 5.74) is 0.807. The number of methoxy groups -OCH3 is 1. The van der Waals surface area contributed by atoms with Crippen LogP contribution < -0.4 is 9.47 Å². The predicted octanol–water partition coefficient (Wildman–Crippen LogP) is 2.85. The lowest BCUT2D eigenvalue weighted by Gasteiger charge is -2.32. The zero-order valence-corrected chi connectivity index (χ0v) is 14.2. The number of benzene rings is 1. The molecule has 1 aromatic carbocycles. The fraction of sp³-hybridized carbons (Fsp3) is 0.500. The summed E-state index contributed by atoms with van der Waals surface area (Å²) in [7, 11) is 1.51. The lowest BCUT2D eigenvalue weighted by Crippen LogP contribution is -2.39. The normalized spacial score (nSPS) is 15.0. The number of esters is 1. The zero-order chi connectivity index (χ0) is 17.7. The third-order valence-electron chi connectivity index (χ3n) is 3.71. The lowest BCUT2D eigenvalue weighted by atomic mass is 9.97. The maximum Gasteiger partial charge on any atom is 0.345 e. The van der Waals surface area contributed by atoms with Crippen LogP contribution >= 0.6 is 0 Å². The smallest absolute Gasteiger partial charge is 0.345 e. The summed E-state index contributed by atoms with van der Waals surface area (Å²) in [6, 6.07) is 3.28. The van der Waals surface area contributed by atoms with Gasteiger partial charge in [-0.25, -0.2) is 4.79 Å². The number of hydrogen-bond acceptors (Lipinski definition) is 6. The van der Waals surface area contributed by atoms with Crippen molar-refractivity contribution in [1.29, 1.82) is 0 Å². The van der Waals surface area contributed by atoms with Gasteiger partial charge in [0.2, 0.25) is 5.79 Å². The minimum absolute atomic E-state index is 0.00557. The van der Waals surface area contributed by atoms with Crippen molar-refractivity contribution in [3.8, 4) is 11.5 Å². The first-order chi connectivity index (χ1) is 11.4. The van der Waals surface area contributed by atoms with Crippen molar-refractivity contribution in [2.75, 3.05) is 7.11 Å². The van der Waals surface area contributed by atoms with Crippen molar-refractivity contribution in [3.05, 3.63) is 23.3 Å². The lowest BCUT2D eigenvalue weighted by molar-refractivity contribution is -0.127. The Hall–Kier alpha value is -2.37. The molecule has 0 saturated heterocycles. The van der Waals surface area contributed by atoms with Gasteiger partial charge in [0, 0.05) is 39.2 Å². The van der Waals surface area contributed by atoms with Gasteiger partial charge in [-0.3, -0.25) is 4.79 Å². The first kappa shape index (κ1) is 18.0. The van der Waals surface area contributed by atoms with Crippen LogP contribution in [0.3, 0.4) is 0 Å². The van der Waals surface area contributed by atoms with Gasteiger partial charge in [-0.1, -0.05) is 0 Å². The fourth-order valence-electron chi connectivity index (χ4n) is 2.63. The Morgan fingerprint density at radius 2 is 2.00 bits per heavy atom. The number of aldehydes is 1. The highest BCUT2D eigenvalue weighted by atomic mass is 16.7. The number of fused-ring (bicyclic) bond motifs is 1. The van der Waals surface area contributed by atoms with E-state index in [1.807, 2.05) is 0 Å². The van der Waals surface area contributed by atoms with Gasteiger partial charge in [-0.15, -0.1) is 0 Å². The molecule has 0 aromatic heterocycles. The van der Waals surface area contributed by atoms with Gasteiger partial charge in [-0.05, 0) is 24.5 Å². The zero-order valence-electron chi connectivity index (χ0n) is 14.2. The Bertz CT molecular complexity index is 647. The van der Waals surface area contributed by atoms with Crippen molar-refractivity contribution in [2.45, 2.75) is 51.7 Å². The number of unbranched alkanes of at least 4 members (excludes halogenated alkanes) is 2. The Morgan fingerprint density at radius 3 is 2.67 bits per heavy atom. The van der Waals surface area contributed by atoms with Crippen LogP contribution in [0, 0.1) is 0 Å². The molecule has 1 aliphatic heterocycles. The molecule has 0 radical (unpaired) electrons. The van der Waals surface area contributed by atoms with Crippen LogP contribution in [0.25, 0.3) is 0 Å². The molecule has 130 valence electrons. The molecule has 6 heteroatoms. The van der Waals surface area contributed by atoms with Crippen molar-refractivity contribution >= 4 is 18.0 Å². The molecule has 1 heterocycles. The number of rotatable bonds is 8. The van der Waals surface area contributed by atoms with E-state index in [0.717, 1.165) is 6.29 Å². The van der Waals surface area contributed by atoms with Gasteiger partial charge < -0.3 is 19.0 Å². The van der Waals surface area contributed by atoms with Crippen molar-refractivity contribution in [2.24, 2.45) is 0 Å². The van der Waals surface area contributed by atoms with E-state index in [2.05, 4.69) is 0 Å². The van der Waals surface area contributed by atoms with Gasteiger partial charge in [0.25, 0.3) is 0 Å². The molecule has 6 nitrogen and oxygen atoms in total. The summed E-state index contributed by atoms with van der Waals surface area (Å²) in [4.78, 5) is 34.8. The Balaban J connectivity index is 2.22. The van der Waals surface area contributed by atoms with Gasteiger partial charge in [0.15, 0.2) is 0 Å². The summed E-state index contributed by atoms with van der Waals surface area (Å²) in [5.74, 6) is -0.698. The highest BCUT2D eigenvalue weighted by molar-refractivity contribution is 5.97. The number of Topliss-reactive ketones (excluding diaryl/α,β-unsaturated/α-hetero) is 1. The van der Waals surface area contributed by atoms with Crippen molar-refractivity contribution in [3.63, 3.8) is 0 Å². The molecule has 0 N–H and O–H groups in total. The minimum atomic E-state index is -1.06. The molecule has 24 heavy (non-hydrogen) atoms. The molecule has 0 bridgehead atoms. The summed E-state index contributed by atoms with van der Waals surface area (Å²) < 4.78 is 16.2. The third-order valence-corrected chi connectivity index (χ3v) is 3.71. The molecule has 0 unspecified atom stereocenters. The second kappa shape index (κ2) is 7.47. The molecule has 1 aliphatic rings. The van der Waals surface area contributed by atoms with Gasteiger partial charge >= 0.3 is 5.97 Å². The largest absolute Gasteiger partial charge is 0.497 e. The second-order valence-electron chi connectivity index (χ2n) is 6.18. The molecular formula is C18H22O6. The van der Waals surface area contributed by atoms with E-state index in [0.29, 0.717) is 42.7 Å². The van der Waals surface area contributed by atoms with Gasteiger partial charge in [0.05, 0.1) is 7.11 Å². The topological polar surface area (TPSA) is 78.9 Å². The van der Waals surface area contributed by atoms with E-state index in [9.17, 15) is 14.4 Å². The maximum absolute atomic E-state index is 12.3. The average Bonchev–Trinajstić information content (AvgIpc) is 2.49. The number of cyclic esters (lactones) is 1. The van der Waals surface area contributed by atoms with Crippen LogP contribution in [0.2, 0.25) is 0 Å². The summed E-state index contributed by atoms with van der Waals surface area (Å²) in [6.45, 7) is 3.29. The number of hydrogen-bond donors (Lipinski definition) is 0.